The van der Waals surface area contributed by atoms with Crippen molar-refractivity contribution in [1.29, 1.82) is 0 Å². The molecular weight excluding hydrogens is 366 g/mol. The van der Waals surface area contributed by atoms with Gasteiger partial charge >= 0.3 is 0 Å². The number of nitrogens with zero attached hydrogens (tertiary/aromatic N) is 4. The zero-order chi connectivity index (χ0) is 19.4. The molecule has 0 radical (unpaired) electrons. The summed E-state index contributed by atoms with van der Waals surface area (Å²) in [5, 5.41) is 10.6. The number of aliphatic hydroxyl groups is 1. The van der Waals surface area contributed by atoms with Gasteiger partial charge in [-0.05, 0) is 29.3 Å². The third-order valence-electron chi connectivity index (χ3n) is 3.77. The number of hydrogen-bond acceptors (Lipinski definition) is 6. The largest absolute Gasteiger partial charge is 0.506 e. The van der Waals surface area contributed by atoms with Crippen LogP contribution in [0.15, 0.2) is 66.4 Å². The number of nitrogens with two attached hydrogens (primary N) is 1. The lowest BCUT2D eigenvalue weighted by molar-refractivity contribution is 0.509. The SMILES string of the molecule is C=C/C=C(\O)c1nc(N)ncc1-c1ccn(Cc2ccc(Cl)nc2)c(=O)c1. The van der Waals surface area contributed by atoms with E-state index in [9.17, 15) is 9.90 Å². The maximum absolute atomic E-state index is 12.5. The molecule has 0 amide bonds. The predicted octanol–water partition coefficient (Wildman–Crippen LogP) is 3.07. The number of halogens is 1. The Labute approximate surface area is 160 Å². The van der Waals surface area contributed by atoms with E-state index in [0.29, 0.717) is 22.8 Å². The minimum Gasteiger partial charge on any atom is -0.506 e. The summed E-state index contributed by atoms with van der Waals surface area (Å²) in [4.78, 5) is 24.5. The number of aromatic nitrogens is 4. The summed E-state index contributed by atoms with van der Waals surface area (Å²) in [5.41, 5.74) is 7.51. The molecule has 0 unspecified atom stereocenters. The van der Waals surface area contributed by atoms with Gasteiger partial charge in [-0.1, -0.05) is 30.3 Å². The van der Waals surface area contributed by atoms with Gasteiger partial charge in [-0.2, -0.15) is 0 Å². The monoisotopic (exact) mass is 381 g/mol. The molecular formula is C19H16ClN5O2. The van der Waals surface area contributed by atoms with E-state index in [-0.39, 0.29) is 23.0 Å². The predicted molar refractivity (Wildman–Crippen MR) is 105 cm³/mol. The fourth-order valence-corrected chi connectivity index (χ4v) is 2.61. The lowest BCUT2D eigenvalue weighted by atomic mass is 10.1. The fourth-order valence-electron chi connectivity index (χ4n) is 2.50. The Morgan fingerprint density at radius 2 is 2.11 bits per heavy atom. The summed E-state index contributed by atoms with van der Waals surface area (Å²) in [7, 11) is 0. The first-order chi connectivity index (χ1) is 13.0. The topological polar surface area (TPSA) is 107 Å². The number of allylic oxidation sites excluding steroid dienone is 2. The lowest BCUT2D eigenvalue weighted by Gasteiger charge is -2.10. The first kappa shape index (κ1) is 18.3. The molecule has 8 heteroatoms. The van der Waals surface area contributed by atoms with Crippen LogP contribution in [0.2, 0.25) is 5.15 Å². The van der Waals surface area contributed by atoms with Crippen molar-refractivity contribution in [2.24, 2.45) is 0 Å². The molecule has 0 aliphatic heterocycles. The highest BCUT2D eigenvalue weighted by Gasteiger charge is 2.13. The molecule has 0 atom stereocenters. The van der Waals surface area contributed by atoms with E-state index >= 15 is 0 Å². The minimum atomic E-state index is -0.225. The van der Waals surface area contributed by atoms with Crippen LogP contribution < -0.4 is 11.3 Å². The molecule has 136 valence electrons. The molecule has 3 aromatic heterocycles. The number of pyridine rings is 2. The van der Waals surface area contributed by atoms with Crippen molar-refractivity contribution in [3.63, 3.8) is 0 Å². The average molecular weight is 382 g/mol. The summed E-state index contributed by atoms with van der Waals surface area (Å²) in [6.45, 7) is 3.90. The van der Waals surface area contributed by atoms with E-state index < -0.39 is 0 Å². The van der Waals surface area contributed by atoms with Crippen LogP contribution in [-0.2, 0) is 6.54 Å². The van der Waals surface area contributed by atoms with Crippen LogP contribution in [0.3, 0.4) is 0 Å². The second-order valence-corrected chi connectivity index (χ2v) is 6.04. The molecule has 3 aromatic rings. The van der Waals surface area contributed by atoms with Gasteiger partial charge in [-0.15, -0.1) is 0 Å². The first-order valence-electron chi connectivity index (χ1n) is 7.94. The molecule has 3 heterocycles. The summed E-state index contributed by atoms with van der Waals surface area (Å²) in [6.07, 6.45) is 7.55. The van der Waals surface area contributed by atoms with Gasteiger partial charge in [0, 0.05) is 30.2 Å². The van der Waals surface area contributed by atoms with Crippen molar-refractivity contribution in [1.82, 2.24) is 19.5 Å². The molecule has 27 heavy (non-hydrogen) atoms. The molecule has 0 aliphatic rings. The Balaban J connectivity index is 1.99. The maximum Gasteiger partial charge on any atom is 0.251 e. The first-order valence-corrected chi connectivity index (χ1v) is 8.31. The van der Waals surface area contributed by atoms with Gasteiger partial charge in [0.2, 0.25) is 5.95 Å². The zero-order valence-corrected chi connectivity index (χ0v) is 15.0. The summed E-state index contributed by atoms with van der Waals surface area (Å²) < 4.78 is 1.53. The highest BCUT2D eigenvalue weighted by molar-refractivity contribution is 6.29. The van der Waals surface area contributed by atoms with Crippen LogP contribution in [0.4, 0.5) is 5.95 Å². The van der Waals surface area contributed by atoms with Crippen LogP contribution in [0, 0.1) is 0 Å². The quantitative estimate of drug-likeness (QED) is 0.399. The number of anilines is 1. The molecule has 0 spiro atoms. The zero-order valence-electron chi connectivity index (χ0n) is 14.2. The van der Waals surface area contributed by atoms with Crippen molar-refractivity contribution in [2.45, 2.75) is 6.54 Å². The molecule has 0 saturated carbocycles. The molecule has 3 rings (SSSR count). The Kier molecular flexibility index (Phi) is 5.33. The number of hydrogen-bond donors (Lipinski definition) is 2. The van der Waals surface area contributed by atoms with Crippen LogP contribution >= 0.6 is 11.6 Å². The van der Waals surface area contributed by atoms with E-state index in [2.05, 4.69) is 21.5 Å². The summed E-state index contributed by atoms with van der Waals surface area (Å²) in [6, 6.07) is 6.66. The maximum atomic E-state index is 12.5. The fraction of sp³-hybridized carbons (Fsp3) is 0.0526. The second kappa shape index (κ2) is 7.84. The smallest absolute Gasteiger partial charge is 0.251 e. The van der Waals surface area contributed by atoms with E-state index in [1.165, 1.54) is 29.0 Å². The van der Waals surface area contributed by atoms with Crippen LogP contribution in [0.1, 0.15) is 11.3 Å². The van der Waals surface area contributed by atoms with Gasteiger partial charge in [0.05, 0.1) is 6.54 Å². The Morgan fingerprint density at radius 1 is 1.30 bits per heavy atom. The molecule has 0 aliphatic carbocycles. The van der Waals surface area contributed by atoms with Gasteiger partial charge in [0.15, 0.2) is 0 Å². The molecule has 0 bridgehead atoms. The van der Waals surface area contributed by atoms with Gasteiger partial charge in [-0.25, -0.2) is 15.0 Å². The van der Waals surface area contributed by atoms with E-state index in [0.717, 1.165) is 5.56 Å². The van der Waals surface area contributed by atoms with Crippen molar-refractivity contribution in [3.8, 4) is 11.1 Å². The van der Waals surface area contributed by atoms with E-state index in [4.69, 9.17) is 17.3 Å². The van der Waals surface area contributed by atoms with Crippen molar-refractivity contribution < 1.29 is 5.11 Å². The van der Waals surface area contributed by atoms with Gasteiger partial charge < -0.3 is 15.4 Å². The van der Waals surface area contributed by atoms with Gasteiger partial charge in [-0.3, -0.25) is 4.79 Å². The molecule has 7 nitrogen and oxygen atoms in total. The average Bonchev–Trinajstić information content (AvgIpc) is 2.65. The van der Waals surface area contributed by atoms with Crippen LogP contribution in [0.5, 0.6) is 0 Å². The third kappa shape index (κ3) is 4.21. The third-order valence-corrected chi connectivity index (χ3v) is 4.00. The van der Waals surface area contributed by atoms with E-state index in [1.807, 2.05) is 0 Å². The van der Waals surface area contributed by atoms with Crippen molar-refractivity contribution in [2.75, 3.05) is 5.73 Å². The van der Waals surface area contributed by atoms with Crippen molar-refractivity contribution in [3.05, 3.63) is 88.4 Å². The van der Waals surface area contributed by atoms with Gasteiger partial charge in [0.1, 0.15) is 16.6 Å². The number of rotatable bonds is 5. The molecule has 0 aromatic carbocycles. The van der Waals surface area contributed by atoms with E-state index in [1.54, 1.807) is 30.6 Å². The normalized spacial score (nSPS) is 11.4. The summed E-state index contributed by atoms with van der Waals surface area (Å²) in [5.74, 6) is -0.105. The molecule has 0 saturated heterocycles. The standard InChI is InChI=1S/C19H16ClN5O2/c1-2-3-15(26)18-14(10-23-19(21)24-18)13-6-7-25(17(27)8-13)11-12-4-5-16(20)22-9-12/h2-10,26H,1,11H2,(H2,21,23,24)/b15-3-. The van der Waals surface area contributed by atoms with Crippen molar-refractivity contribution >= 4 is 23.3 Å². The van der Waals surface area contributed by atoms with Crippen LogP contribution in [-0.4, -0.2) is 24.6 Å². The number of nitrogen functional groups attached to an aromatic ring is 1. The summed E-state index contributed by atoms with van der Waals surface area (Å²) >= 11 is 5.78. The Morgan fingerprint density at radius 3 is 2.78 bits per heavy atom. The molecule has 3 N–H and O–H groups in total. The van der Waals surface area contributed by atoms with Crippen LogP contribution in [0.25, 0.3) is 16.9 Å². The Bertz CT molecular complexity index is 1070. The Hall–Kier alpha value is -3.45. The number of aliphatic hydroxyl groups excluding tert-OH is 1. The molecule has 0 fully saturated rings. The highest BCUT2D eigenvalue weighted by Crippen LogP contribution is 2.25. The lowest BCUT2D eigenvalue weighted by Crippen LogP contribution is -2.19. The van der Waals surface area contributed by atoms with Gasteiger partial charge in [0.25, 0.3) is 5.56 Å². The highest BCUT2D eigenvalue weighted by atomic mass is 35.5. The minimum absolute atomic E-state index is 0.0151. The second-order valence-electron chi connectivity index (χ2n) is 5.65.